The molecule has 0 saturated heterocycles. The molecule has 0 atom stereocenters. The van der Waals surface area contributed by atoms with E-state index in [4.69, 9.17) is 4.74 Å². The van der Waals surface area contributed by atoms with Crippen LogP contribution in [0.15, 0.2) is 49.1 Å². The molecule has 4 aromatic rings. The van der Waals surface area contributed by atoms with Crippen LogP contribution in [0.1, 0.15) is 12.8 Å². The van der Waals surface area contributed by atoms with Crippen molar-refractivity contribution < 1.29 is 4.74 Å². The van der Waals surface area contributed by atoms with Crippen molar-refractivity contribution in [3.05, 3.63) is 49.1 Å². The van der Waals surface area contributed by atoms with Crippen molar-refractivity contribution in [2.75, 3.05) is 12.4 Å². The van der Waals surface area contributed by atoms with Crippen LogP contribution in [0, 0.1) is 0 Å². The van der Waals surface area contributed by atoms with Gasteiger partial charge in [0.1, 0.15) is 0 Å². The van der Waals surface area contributed by atoms with Crippen LogP contribution < -0.4 is 5.32 Å². The second-order valence-corrected chi connectivity index (χ2v) is 6.59. The first-order valence-electron chi connectivity index (χ1n) is 8.65. The minimum absolute atomic E-state index is 0.351. The second kappa shape index (κ2) is 6.03. The molecule has 0 amide bonds. The summed E-state index contributed by atoms with van der Waals surface area (Å²) in [5.41, 5.74) is 3.78. The van der Waals surface area contributed by atoms with Gasteiger partial charge in [0, 0.05) is 48.3 Å². The lowest BCUT2D eigenvalue weighted by molar-refractivity contribution is 0.0326. The number of aromatic nitrogens is 5. The molecule has 1 aliphatic rings. The minimum Gasteiger partial charge on any atom is -0.381 e. The fourth-order valence-corrected chi connectivity index (χ4v) is 3.38. The first kappa shape index (κ1) is 15.2. The Kier molecular flexibility index (Phi) is 3.53. The first-order valence-corrected chi connectivity index (χ1v) is 8.65. The number of nitrogens with zero attached hydrogens (tertiary/aromatic N) is 5. The van der Waals surface area contributed by atoms with Gasteiger partial charge in [-0.3, -0.25) is 0 Å². The topological polar surface area (TPSA) is 77.2 Å². The third kappa shape index (κ3) is 2.57. The predicted molar refractivity (Wildman–Crippen MR) is 99.0 cm³/mol. The van der Waals surface area contributed by atoms with E-state index in [1.54, 1.807) is 13.3 Å². The van der Waals surface area contributed by atoms with Gasteiger partial charge in [0.05, 0.1) is 17.8 Å². The Morgan fingerprint density at radius 3 is 2.96 bits per heavy atom. The molecule has 26 heavy (non-hydrogen) atoms. The zero-order valence-electron chi connectivity index (χ0n) is 14.3. The standard InChI is InChI=1S/C19H18N6O/c1-26-15-8-14(9-15)23-19-22-11-17-16(4-6-25(17)24-19)13-7-12-3-2-5-20-18(12)21-10-13/h2-7,10-11,14-15H,8-9H2,1H3,(H,23,24)/t14-,15+. The van der Waals surface area contributed by atoms with Crippen LogP contribution in [-0.2, 0) is 4.74 Å². The summed E-state index contributed by atoms with van der Waals surface area (Å²) in [7, 11) is 1.75. The number of fused-ring (bicyclic) bond motifs is 2. The normalized spacial score (nSPS) is 19.6. The van der Waals surface area contributed by atoms with E-state index in [1.165, 1.54) is 0 Å². The maximum atomic E-state index is 5.31. The van der Waals surface area contributed by atoms with Crippen LogP contribution in [0.5, 0.6) is 0 Å². The van der Waals surface area contributed by atoms with Crippen molar-refractivity contribution in [1.29, 1.82) is 0 Å². The highest BCUT2D eigenvalue weighted by molar-refractivity contribution is 5.86. The summed E-state index contributed by atoms with van der Waals surface area (Å²) in [6.45, 7) is 0. The van der Waals surface area contributed by atoms with Gasteiger partial charge in [0.15, 0.2) is 5.65 Å². The lowest BCUT2D eigenvalue weighted by atomic mass is 9.89. The van der Waals surface area contributed by atoms with E-state index >= 15 is 0 Å². The lowest BCUT2D eigenvalue weighted by Gasteiger charge is -2.34. The summed E-state index contributed by atoms with van der Waals surface area (Å²) in [5, 5.41) is 8.96. The van der Waals surface area contributed by atoms with Crippen molar-refractivity contribution in [1.82, 2.24) is 24.6 Å². The van der Waals surface area contributed by atoms with Gasteiger partial charge in [-0.05, 0) is 37.1 Å². The van der Waals surface area contributed by atoms with E-state index in [1.807, 2.05) is 41.3 Å². The van der Waals surface area contributed by atoms with Crippen LogP contribution in [0.2, 0.25) is 0 Å². The molecule has 0 unspecified atom stereocenters. The largest absolute Gasteiger partial charge is 0.381 e. The molecule has 7 heteroatoms. The smallest absolute Gasteiger partial charge is 0.241 e. The number of ether oxygens (including phenoxy) is 1. The predicted octanol–water partition coefficient (Wildman–Crippen LogP) is 2.93. The van der Waals surface area contributed by atoms with Crippen LogP contribution in [0.25, 0.3) is 27.7 Å². The van der Waals surface area contributed by atoms with Gasteiger partial charge >= 0.3 is 0 Å². The van der Waals surface area contributed by atoms with Gasteiger partial charge in [0.25, 0.3) is 0 Å². The zero-order valence-corrected chi connectivity index (χ0v) is 14.3. The molecule has 130 valence electrons. The van der Waals surface area contributed by atoms with Crippen molar-refractivity contribution >= 4 is 22.5 Å². The van der Waals surface area contributed by atoms with Crippen LogP contribution >= 0.6 is 0 Å². The van der Waals surface area contributed by atoms with Crippen molar-refractivity contribution in [2.45, 2.75) is 25.0 Å². The van der Waals surface area contributed by atoms with Gasteiger partial charge in [-0.15, -0.1) is 5.10 Å². The van der Waals surface area contributed by atoms with Crippen LogP contribution in [0.4, 0.5) is 5.95 Å². The first-order chi connectivity index (χ1) is 12.8. The summed E-state index contributed by atoms with van der Waals surface area (Å²) < 4.78 is 7.16. The molecule has 0 aromatic carbocycles. The van der Waals surface area contributed by atoms with Gasteiger partial charge in [0.2, 0.25) is 5.95 Å². The average Bonchev–Trinajstić information content (AvgIpc) is 3.07. The Labute approximate surface area is 150 Å². The Hall–Kier alpha value is -3.06. The fraction of sp³-hybridized carbons (Fsp3) is 0.263. The molecule has 1 fully saturated rings. The second-order valence-electron chi connectivity index (χ2n) is 6.59. The van der Waals surface area contributed by atoms with E-state index in [0.717, 1.165) is 40.5 Å². The van der Waals surface area contributed by atoms with Crippen molar-refractivity contribution in [3.8, 4) is 11.1 Å². The Bertz CT molecular complexity index is 1090. The maximum absolute atomic E-state index is 5.31. The number of pyridine rings is 2. The molecule has 0 spiro atoms. The number of methoxy groups -OCH3 is 1. The SMILES string of the molecule is CO[C@H]1C[C@@H](Nc2ncc3c(-c4cnc5ncccc5c4)ccn3n2)C1. The number of hydrogen-bond acceptors (Lipinski definition) is 6. The van der Waals surface area contributed by atoms with Crippen LogP contribution in [0.3, 0.4) is 0 Å². The molecule has 5 rings (SSSR count). The van der Waals surface area contributed by atoms with E-state index in [9.17, 15) is 0 Å². The third-order valence-corrected chi connectivity index (χ3v) is 4.94. The highest BCUT2D eigenvalue weighted by atomic mass is 16.5. The number of nitrogens with one attached hydrogen (secondary N) is 1. The fourth-order valence-electron chi connectivity index (χ4n) is 3.38. The Morgan fingerprint density at radius 1 is 1.15 bits per heavy atom. The molecule has 7 nitrogen and oxygen atoms in total. The molecular formula is C19H18N6O. The number of rotatable bonds is 4. The van der Waals surface area contributed by atoms with E-state index < -0.39 is 0 Å². The summed E-state index contributed by atoms with van der Waals surface area (Å²) in [4.78, 5) is 13.2. The summed E-state index contributed by atoms with van der Waals surface area (Å²) in [5.74, 6) is 0.639. The van der Waals surface area contributed by atoms with Gasteiger partial charge < -0.3 is 10.1 Å². The maximum Gasteiger partial charge on any atom is 0.241 e. The molecule has 4 aromatic heterocycles. The van der Waals surface area contributed by atoms with Crippen molar-refractivity contribution in [3.63, 3.8) is 0 Å². The summed E-state index contributed by atoms with van der Waals surface area (Å²) in [6, 6.07) is 8.44. The summed E-state index contributed by atoms with van der Waals surface area (Å²) in [6.07, 6.45) is 9.73. The molecule has 4 heterocycles. The van der Waals surface area contributed by atoms with Gasteiger partial charge in [-0.2, -0.15) is 0 Å². The van der Waals surface area contributed by atoms with Crippen molar-refractivity contribution in [2.24, 2.45) is 0 Å². The average molecular weight is 346 g/mol. The monoisotopic (exact) mass is 346 g/mol. The quantitative estimate of drug-likeness (QED) is 0.612. The molecule has 1 saturated carbocycles. The van der Waals surface area contributed by atoms with E-state index in [-0.39, 0.29) is 0 Å². The highest BCUT2D eigenvalue weighted by Gasteiger charge is 2.29. The zero-order chi connectivity index (χ0) is 17.5. The minimum atomic E-state index is 0.351. The van der Waals surface area contributed by atoms with Crippen LogP contribution in [-0.4, -0.2) is 43.8 Å². The lowest BCUT2D eigenvalue weighted by Crippen LogP contribution is -2.40. The van der Waals surface area contributed by atoms with Gasteiger partial charge in [-0.25, -0.2) is 19.5 Å². The Morgan fingerprint density at radius 2 is 2.08 bits per heavy atom. The molecule has 1 aliphatic carbocycles. The molecule has 1 N–H and O–H groups in total. The Balaban J connectivity index is 1.45. The van der Waals surface area contributed by atoms with E-state index in [2.05, 4.69) is 31.4 Å². The number of hydrogen-bond donors (Lipinski definition) is 1. The highest BCUT2D eigenvalue weighted by Crippen LogP contribution is 2.28. The van der Waals surface area contributed by atoms with Gasteiger partial charge in [-0.1, -0.05) is 0 Å². The van der Waals surface area contributed by atoms with E-state index in [0.29, 0.717) is 18.1 Å². The molecule has 0 bridgehead atoms. The number of anilines is 1. The molecule has 0 radical (unpaired) electrons. The third-order valence-electron chi connectivity index (χ3n) is 4.94. The summed E-state index contributed by atoms with van der Waals surface area (Å²) >= 11 is 0. The molecular weight excluding hydrogens is 328 g/mol. The molecule has 0 aliphatic heterocycles.